The van der Waals surface area contributed by atoms with Crippen molar-refractivity contribution in [2.24, 2.45) is 11.8 Å². The summed E-state index contributed by atoms with van der Waals surface area (Å²) in [6, 6.07) is 1.92. The number of rotatable bonds is 2. The number of anilines is 2. The summed E-state index contributed by atoms with van der Waals surface area (Å²) >= 11 is 3.53. The van der Waals surface area contributed by atoms with Gasteiger partial charge in [-0.1, -0.05) is 13.8 Å². The van der Waals surface area contributed by atoms with Gasteiger partial charge in [0.15, 0.2) is 0 Å². The molecule has 1 atom stereocenters. The summed E-state index contributed by atoms with van der Waals surface area (Å²) in [5, 5.41) is 0. The molecule has 1 fully saturated rings. The second kappa shape index (κ2) is 4.62. The van der Waals surface area contributed by atoms with Crippen molar-refractivity contribution in [2.45, 2.75) is 20.3 Å². The summed E-state index contributed by atoms with van der Waals surface area (Å²) in [7, 11) is 0. The fourth-order valence-electron chi connectivity index (χ4n) is 2.20. The molecule has 1 saturated heterocycles. The molecule has 1 aliphatic heterocycles. The highest BCUT2D eigenvalue weighted by atomic mass is 79.9. The zero-order chi connectivity index (χ0) is 11.7. The molecule has 0 aromatic carbocycles. The van der Waals surface area contributed by atoms with E-state index in [2.05, 4.69) is 39.7 Å². The molecule has 88 valence electrons. The van der Waals surface area contributed by atoms with E-state index in [-0.39, 0.29) is 0 Å². The van der Waals surface area contributed by atoms with Gasteiger partial charge in [0, 0.05) is 13.1 Å². The van der Waals surface area contributed by atoms with Crippen molar-refractivity contribution < 1.29 is 0 Å². The first-order valence-electron chi connectivity index (χ1n) is 5.74. The summed E-state index contributed by atoms with van der Waals surface area (Å²) < 4.78 is 0.997. The van der Waals surface area contributed by atoms with Crippen LogP contribution in [0.25, 0.3) is 0 Å². The largest absolute Gasteiger partial charge is 0.397 e. The molecule has 0 spiro atoms. The number of aromatic nitrogens is 1. The predicted octanol–water partition coefficient (Wildman–Crippen LogP) is 2.91. The van der Waals surface area contributed by atoms with Gasteiger partial charge in [-0.05, 0) is 40.3 Å². The van der Waals surface area contributed by atoms with Crippen molar-refractivity contribution in [3.05, 3.63) is 16.7 Å². The van der Waals surface area contributed by atoms with Gasteiger partial charge >= 0.3 is 0 Å². The molecule has 2 rings (SSSR count). The smallest absolute Gasteiger partial charge is 0.143 e. The van der Waals surface area contributed by atoms with Gasteiger partial charge in [0.25, 0.3) is 0 Å². The van der Waals surface area contributed by atoms with Crippen LogP contribution in [0.4, 0.5) is 11.5 Å². The van der Waals surface area contributed by atoms with Gasteiger partial charge in [-0.2, -0.15) is 0 Å². The molecule has 0 aliphatic carbocycles. The van der Waals surface area contributed by atoms with Crippen LogP contribution in [0.2, 0.25) is 0 Å². The Morgan fingerprint density at radius 3 is 2.88 bits per heavy atom. The molecule has 4 heteroatoms. The van der Waals surface area contributed by atoms with E-state index in [4.69, 9.17) is 5.73 Å². The summed E-state index contributed by atoms with van der Waals surface area (Å²) in [6.45, 7) is 6.78. The second-order valence-corrected chi connectivity index (χ2v) is 5.67. The van der Waals surface area contributed by atoms with Crippen LogP contribution in [-0.4, -0.2) is 18.1 Å². The first kappa shape index (κ1) is 11.7. The molecule has 1 aliphatic rings. The number of halogens is 1. The third kappa shape index (κ3) is 2.32. The fourth-order valence-corrected chi connectivity index (χ4v) is 2.82. The minimum atomic E-state index is 0.704. The minimum Gasteiger partial charge on any atom is -0.397 e. The maximum atomic E-state index is 5.69. The third-order valence-electron chi connectivity index (χ3n) is 3.31. The van der Waals surface area contributed by atoms with Crippen LogP contribution in [0, 0.1) is 11.8 Å². The van der Waals surface area contributed by atoms with E-state index in [1.165, 1.54) is 6.42 Å². The quantitative estimate of drug-likeness (QED) is 0.908. The molecule has 2 heterocycles. The maximum absolute atomic E-state index is 5.69. The molecule has 2 N–H and O–H groups in total. The van der Waals surface area contributed by atoms with Crippen molar-refractivity contribution in [3.8, 4) is 0 Å². The Labute approximate surface area is 105 Å². The Kier molecular flexibility index (Phi) is 3.38. The van der Waals surface area contributed by atoms with Crippen molar-refractivity contribution in [2.75, 3.05) is 23.7 Å². The van der Waals surface area contributed by atoms with Crippen LogP contribution in [0.3, 0.4) is 0 Å². The first-order chi connectivity index (χ1) is 7.58. The lowest BCUT2D eigenvalue weighted by Gasteiger charge is -2.20. The zero-order valence-corrected chi connectivity index (χ0v) is 11.4. The van der Waals surface area contributed by atoms with Gasteiger partial charge in [-0.15, -0.1) is 0 Å². The van der Waals surface area contributed by atoms with Gasteiger partial charge in [0.2, 0.25) is 0 Å². The SMILES string of the molecule is CC(C)C1CCN(c2ncc(N)cc2Br)C1. The van der Waals surface area contributed by atoms with E-state index < -0.39 is 0 Å². The number of hydrogen-bond acceptors (Lipinski definition) is 3. The molecule has 0 radical (unpaired) electrons. The summed E-state index contributed by atoms with van der Waals surface area (Å²) in [5.41, 5.74) is 6.39. The van der Waals surface area contributed by atoms with Crippen molar-refractivity contribution >= 4 is 27.4 Å². The normalized spacial score (nSPS) is 20.8. The first-order valence-corrected chi connectivity index (χ1v) is 6.53. The summed E-state index contributed by atoms with van der Waals surface area (Å²) in [5.74, 6) is 2.56. The summed E-state index contributed by atoms with van der Waals surface area (Å²) in [4.78, 5) is 6.75. The van der Waals surface area contributed by atoms with Crippen molar-refractivity contribution in [1.29, 1.82) is 0 Å². The van der Waals surface area contributed by atoms with Crippen LogP contribution in [-0.2, 0) is 0 Å². The van der Waals surface area contributed by atoms with Crippen molar-refractivity contribution in [3.63, 3.8) is 0 Å². The van der Waals surface area contributed by atoms with Crippen molar-refractivity contribution in [1.82, 2.24) is 4.98 Å². The van der Waals surface area contributed by atoms with Gasteiger partial charge in [0.05, 0.1) is 16.4 Å². The molecule has 0 amide bonds. The van der Waals surface area contributed by atoms with Gasteiger partial charge in [0.1, 0.15) is 5.82 Å². The Hall–Kier alpha value is -0.770. The zero-order valence-electron chi connectivity index (χ0n) is 9.78. The van der Waals surface area contributed by atoms with Gasteiger partial charge < -0.3 is 10.6 Å². The second-order valence-electron chi connectivity index (χ2n) is 4.81. The Morgan fingerprint density at radius 1 is 1.56 bits per heavy atom. The predicted molar refractivity (Wildman–Crippen MR) is 71.5 cm³/mol. The van der Waals surface area contributed by atoms with Crippen LogP contribution in [0.15, 0.2) is 16.7 Å². The van der Waals surface area contributed by atoms with Crippen LogP contribution in [0.5, 0.6) is 0 Å². The number of nitrogens with zero attached hydrogens (tertiary/aromatic N) is 2. The van der Waals surface area contributed by atoms with Crippen LogP contribution in [0.1, 0.15) is 20.3 Å². The molecule has 0 saturated carbocycles. The highest BCUT2D eigenvalue weighted by Crippen LogP contribution is 2.32. The number of nitrogens with two attached hydrogens (primary N) is 1. The topological polar surface area (TPSA) is 42.2 Å². The van der Waals surface area contributed by atoms with E-state index in [0.29, 0.717) is 5.69 Å². The van der Waals surface area contributed by atoms with Gasteiger partial charge in [-0.3, -0.25) is 0 Å². The molecule has 3 nitrogen and oxygen atoms in total. The minimum absolute atomic E-state index is 0.704. The van der Waals surface area contributed by atoms with Crippen LogP contribution >= 0.6 is 15.9 Å². The molecule has 1 aromatic heterocycles. The lowest BCUT2D eigenvalue weighted by Crippen LogP contribution is -2.22. The number of hydrogen-bond donors (Lipinski definition) is 1. The lowest BCUT2D eigenvalue weighted by atomic mass is 9.95. The highest BCUT2D eigenvalue weighted by molar-refractivity contribution is 9.10. The molecular formula is C12H18BrN3. The molecule has 1 unspecified atom stereocenters. The molecular weight excluding hydrogens is 266 g/mol. The van der Waals surface area contributed by atoms with Gasteiger partial charge in [-0.25, -0.2) is 4.98 Å². The lowest BCUT2D eigenvalue weighted by molar-refractivity contribution is 0.422. The maximum Gasteiger partial charge on any atom is 0.143 e. The monoisotopic (exact) mass is 283 g/mol. The standard InChI is InChI=1S/C12H18BrN3/c1-8(2)9-3-4-16(7-9)12-11(13)5-10(14)6-15-12/h5-6,8-9H,3-4,7,14H2,1-2H3. The molecule has 0 bridgehead atoms. The van der Waals surface area contributed by atoms with Crippen LogP contribution < -0.4 is 10.6 Å². The Balaban J connectivity index is 2.14. The van der Waals surface area contributed by atoms with E-state index in [1.54, 1.807) is 6.20 Å². The summed E-state index contributed by atoms with van der Waals surface area (Å²) in [6.07, 6.45) is 2.99. The average molecular weight is 284 g/mol. The molecule has 1 aromatic rings. The Morgan fingerprint density at radius 2 is 2.31 bits per heavy atom. The number of nitrogen functional groups attached to an aromatic ring is 1. The fraction of sp³-hybridized carbons (Fsp3) is 0.583. The average Bonchev–Trinajstić information content (AvgIpc) is 2.66. The van der Waals surface area contributed by atoms with E-state index in [1.807, 2.05) is 6.07 Å². The third-order valence-corrected chi connectivity index (χ3v) is 3.89. The number of pyridine rings is 1. The Bertz CT molecular complexity index is 379. The van der Waals surface area contributed by atoms with E-state index in [0.717, 1.165) is 35.2 Å². The highest BCUT2D eigenvalue weighted by Gasteiger charge is 2.26. The van der Waals surface area contributed by atoms with E-state index in [9.17, 15) is 0 Å². The molecule has 16 heavy (non-hydrogen) atoms. The van der Waals surface area contributed by atoms with E-state index >= 15 is 0 Å².